The molecular formula is C22H23ClN6O2. The molecule has 1 saturated heterocycles. The normalized spacial score (nSPS) is 14.2. The van der Waals surface area contributed by atoms with Crippen LogP contribution >= 0.6 is 11.6 Å². The highest BCUT2D eigenvalue weighted by Crippen LogP contribution is 2.15. The Morgan fingerprint density at radius 2 is 1.65 bits per heavy atom. The zero-order valence-electron chi connectivity index (χ0n) is 16.9. The van der Waals surface area contributed by atoms with Gasteiger partial charge >= 0.3 is 6.03 Å². The van der Waals surface area contributed by atoms with Gasteiger partial charge in [0.1, 0.15) is 0 Å². The van der Waals surface area contributed by atoms with E-state index in [0.29, 0.717) is 55.5 Å². The number of hydrogen-bond acceptors (Lipinski definition) is 4. The fourth-order valence-electron chi connectivity index (χ4n) is 3.47. The van der Waals surface area contributed by atoms with Gasteiger partial charge in [-0.05, 0) is 36.2 Å². The molecule has 9 heteroatoms. The third-order valence-corrected chi connectivity index (χ3v) is 5.36. The number of carbonyl (C=O) groups is 2. The number of urea groups is 1. The average Bonchev–Trinajstić information content (AvgIpc) is 3.10. The molecule has 2 heterocycles. The van der Waals surface area contributed by atoms with Crippen molar-refractivity contribution in [3.05, 3.63) is 77.1 Å². The summed E-state index contributed by atoms with van der Waals surface area (Å²) in [5.41, 5.74) is 2.08. The lowest BCUT2D eigenvalue weighted by atomic mass is 10.2. The molecule has 4 rings (SSSR count). The van der Waals surface area contributed by atoms with Crippen molar-refractivity contribution < 1.29 is 9.59 Å². The molecule has 0 bridgehead atoms. The summed E-state index contributed by atoms with van der Waals surface area (Å²) in [6.45, 7) is 2.58. The first kappa shape index (κ1) is 20.9. The van der Waals surface area contributed by atoms with Gasteiger partial charge in [-0.3, -0.25) is 4.79 Å². The van der Waals surface area contributed by atoms with Crippen LogP contribution in [0.5, 0.6) is 0 Å². The number of hydrogen-bond donors (Lipinski definition) is 1. The first-order valence-corrected chi connectivity index (χ1v) is 10.5. The molecule has 8 nitrogen and oxygen atoms in total. The molecule has 0 aliphatic carbocycles. The minimum atomic E-state index is -0.189. The molecule has 1 aliphatic heterocycles. The van der Waals surface area contributed by atoms with Crippen LogP contribution in [0.2, 0.25) is 5.02 Å². The fraction of sp³-hybridized carbons (Fsp3) is 0.273. The molecule has 160 valence electrons. The summed E-state index contributed by atoms with van der Waals surface area (Å²) in [6.07, 6.45) is 2.36. The SMILES string of the molecule is O=C(Nc1ccc(Cl)cc1)N1CCCN(C(=O)c2cn(Cc3ccccc3)nn2)CC1. The van der Waals surface area contributed by atoms with Crippen LogP contribution in [0.3, 0.4) is 0 Å². The van der Waals surface area contributed by atoms with E-state index in [9.17, 15) is 9.59 Å². The first-order chi connectivity index (χ1) is 15.1. The molecule has 1 fully saturated rings. The Kier molecular flexibility index (Phi) is 6.47. The molecule has 0 atom stereocenters. The number of benzene rings is 2. The molecule has 31 heavy (non-hydrogen) atoms. The van der Waals surface area contributed by atoms with Gasteiger partial charge in [-0.2, -0.15) is 0 Å². The highest BCUT2D eigenvalue weighted by atomic mass is 35.5. The minimum Gasteiger partial charge on any atom is -0.335 e. The Hall–Kier alpha value is -3.39. The predicted octanol–water partition coefficient (Wildman–Crippen LogP) is 3.36. The van der Waals surface area contributed by atoms with Crippen molar-refractivity contribution in [1.29, 1.82) is 0 Å². The topological polar surface area (TPSA) is 83.4 Å². The van der Waals surface area contributed by atoms with Gasteiger partial charge in [0.05, 0.1) is 12.7 Å². The zero-order chi connectivity index (χ0) is 21.6. The summed E-state index contributed by atoms with van der Waals surface area (Å²) in [7, 11) is 0. The van der Waals surface area contributed by atoms with Crippen molar-refractivity contribution in [3.63, 3.8) is 0 Å². The Morgan fingerprint density at radius 1 is 0.935 bits per heavy atom. The van der Waals surface area contributed by atoms with Gasteiger partial charge in [0, 0.05) is 36.9 Å². The van der Waals surface area contributed by atoms with Crippen LogP contribution in [0, 0.1) is 0 Å². The van der Waals surface area contributed by atoms with Crippen LogP contribution in [0.1, 0.15) is 22.5 Å². The Bertz CT molecular complexity index is 1040. The maximum Gasteiger partial charge on any atom is 0.321 e. The molecule has 1 aliphatic rings. The van der Waals surface area contributed by atoms with Crippen LogP contribution in [0.4, 0.5) is 10.5 Å². The van der Waals surface area contributed by atoms with E-state index in [4.69, 9.17) is 11.6 Å². The molecule has 0 radical (unpaired) electrons. The van der Waals surface area contributed by atoms with Crippen LogP contribution < -0.4 is 5.32 Å². The number of nitrogens with one attached hydrogen (secondary N) is 1. The summed E-state index contributed by atoms with van der Waals surface area (Å²) >= 11 is 5.89. The summed E-state index contributed by atoms with van der Waals surface area (Å²) in [5.74, 6) is -0.167. The standard InChI is InChI=1S/C22H23ClN6O2/c23-18-7-9-19(10-8-18)24-22(31)28-12-4-11-27(13-14-28)21(30)20-16-29(26-25-20)15-17-5-2-1-3-6-17/h1-3,5-10,16H,4,11-15H2,(H,24,31). The number of amides is 3. The molecule has 1 N–H and O–H groups in total. The molecule has 2 aromatic carbocycles. The number of aromatic nitrogens is 3. The van der Waals surface area contributed by atoms with Crippen molar-refractivity contribution in [1.82, 2.24) is 24.8 Å². The monoisotopic (exact) mass is 438 g/mol. The minimum absolute atomic E-state index is 0.167. The van der Waals surface area contributed by atoms with Crippen LogP contribution in [-0.4, -0.2) is 62.9 Å². The van der Waals surface area contributed by atoms with E-state index in [1.54, 1.807) is 44.9 Å². The van der Waals surface area contributed by atoms with Gasteiger partial charge < -0.3 is 15.1 Å². The highest BCUT2D eigenvalue weighted by molar-refractivity contribution is 6.30. The lowest BCUT2D eigenvalue weighted by Crippen LogP contribution is -2.39. The zero-order valence-corrected chi connectivity index (χ0v) is 17.7. The van der Waals surface area contributed by atoms with Gasteiger partial charge in [0.15, 0.2) is 5.69 Å². The largest absolute Gasteiger partial charge is 0.335 e. The third-order valence-electron chi connectivity index (χ3n) is 5.11. The first-order valence-electron chi connectivity index (χ1n) is 10.1. The van der Waals surface area contributed by atoms with Crippen LogP contribution in [0.15, 0.2) is 60.8 Å². The number of anilines is 1. The van der Waals surface area contributed by atoms with E-state index < -0.39 is 0 Å². The summed E-state index contributed by atoms with van der Waals surface area (Å²) in [5, 5.41) is 11.6. The van der Waals surface area contributed by atoms with Gasteiger partial charge in [-0.15, -0.1) is 5.10 Å². The van der Waals surface area contributed by atoms with Crippen LogP contribution in [0.25, 0.3) is 0 Å². The van der Waals surface area contributed by atoms with Gasteiger partial charge in [0.25, 0.3) is 5.91 Å². The van der Waals surface area contributed by atoms with Crippen molar-refractivity contribution >= 4 is 29.2 Å². The van der Waals surface area contributed by atoms with E-state index in [2.05, 4.69) is 15.6 Å². The van der Waals surface area contributed by atoms with Gasteiger partial charge in [0.2, 0.25) is 0 Å². The molecule has 1 aromatic heterocycles. The number of carbonyl (C=O) groups excluding carboxylic acids is 2. The van der Waals surface area contributed by atoms with E-state index in [1.165, 1.54) is 0 Å². The Labute approximate surface area is 185 Å². The predicted molar refractivity (Wildman–Crippen MR) is 118 cm³/mol. The highest BCUT2D eigenvalue weighted by Gasteiger charge is 2.24. The second-order valence-electron chi connectivity index (χ2n) is 7.36. The fourth-order valence-corrected chi connectivity index (χ4v) is 3.59. The lowest BCUT2D eigenvalue weighted by Gasteiger charge is -2.22. The van der Waals surface area contributed by atoms with Crippen LogP contribution in [-0.2, 0) is 6.54 Å². The lowest BCUT2D eigenvalue weighted by molar-refractivity contribution is 0.0756. The van der Waals surface area contributed by atoms with Gasteiger partial charge in [-0.25, -0.2) is 9.48 Å². The quantitative estimate of drug-likeness (QED) is 0.677. The smallest absolute Gasteiger partial charge is 0.321 e. The second-order valence-corrected chi connectivity index (χ2v) is 7.79. The number of nitrogens with zero attached hydrogens (tertiary/aromatic N) is 5. The van der Waals surface area contributed by atoms with Crippen molar-refractivity contribution in [2.24, 2.45) is 0 Å². The third kappa shape index (κ3) is 5.40. The molecule has 3 amide bonds. The maximum atomic E-state index is 12.9. The van der Waals surface area contributed by atoms with Gasteiger partial charge in [-0.1, -0.05) is 47.1 Å². The Morgan fingerprint density at radius 3 is 2.42 bits per heavy atom. The van der Waals surface area contributed by atoms with Crippen molar-refractivity contribution in [3.8, 4) is 0 Å². The number of rotatable bonds is 4. The molecule has 3 aromatic rings. The molecular weight excluding hydrogens is 416 g/mol. The number of halogens is 1. The van der Waals surface area contributed by atoms with E-state index >= 15 is 0 Å². The summed E-state index contributed by atoms with van der Waals surface area (Å²) in [4.78, 5) is 28.9. The average molecular weight is 439 g/mol. The summed E-state index contributed by atoms with van der Waals surface area (Å²) in [6, 6.07) is 16.7. The molecule has 0 spiro atoms. The van der Waals surface area contributed by atoms with E-state index in [-0.39, 0.29) is 11.9 Å². The van der Waals surface area contributed by atoms with Crippen molar-refractivity contribution in [2.45, 2.75) is 13.0 Å². The maximum absolute atomic E-state index is 12.9. The molecule has 0 unspecified atom stereocenters. The Balaban J connectivity index is 1.33. The summed E-state index contributed by atoms with van der Waals surface area (Å²) < 4.78 is 1.66. The van der Waals surface area contributed by atoms with E-state index in [0.717, 1.165) is 5.56 Å². The van der Waals surface area contributed by atoms with E-state index in [1.807, 2.05) is 30.3 Å². The van der Waals surface area contributed by atoms with Crippen molar-refractivity contribution in [2.75, 3.05) is 31.5 Å². The second kappa shape index (κ2) is 9.61. The molecule has 0 saturated carbocycles.